The molecule has 1 aromatic rings. The summed E-state index contributed by atoms with van der Waals surface area (Å²) in [6, 6.07) is 3.49. The van der Waals surface area contributed by atoms with E-state index in [0.29, 0.717) is 15.8 Å². The van der Waals surface area contributed by atoms with Gasteiger partial charge >= 0.3 is 0 Å². The third-order valence-corrected chi connectivity index (χ3v) is 3.31. The molecule has 82 valence electrons. The average molecular weight is 266 g/mol. The Kier molecular flexibility index (Phi) is 2.83. The molecule has 1 aliphatic rings. The van der Waals surface area contributed by atoms with Crippen LogP contribution in [0.25, 0.3) is 0 Å². The minimum absolute atomic E-state index is 0.0973. The lowest BCUT2D eigenvalue weighted by Gasteiger charge is -2.35. The largest absolute Gasteiger partial charge is 0.486 e. The Morgan fingerprint density at radius 3 is 2.67 bits per heavy atom. The summed E-state index contributed by atoms with van der Waals surface area (Å²) >= 11 is 18.3. The minimum atomic E-state index is -0.281. The third-order valence-electron chi connectivity index (χ3n) is 2.42. The van der Waals surface area contributed by atoms with Crippen molar-refractivity contribution in [2.75, 3.05) is 0 Å². The molecule has 1 atom stereocenters. The highest BCUT2D eigenvalue weighted by atomic mass is 35.5. The normalized spacial score (nSPS) is 23.1. The van der Waals surface area contributed by atoms with Crippen LogP contribution < -0.4 is 4.74 Å². The first kappa shape index (κ1) is 11.4. The summed E-state index contributed by atoms with van der Waals surface area (Å²) < 4.78 is 5.80. The molecular weight excluding hydrogens is 254 g/mol. The van der Waals surface area contributed by atoms with Gasteiger partial charge in [-0.15, -0.1) is 11.6 Å². The van der Waals surface area contributed by atoms with Crippen molar-refractivity contribution in [2.45, 2.75) is 31.2 Å². The third kappa shape index (κ3) is 2.20. The highest BCUT2D eigenvalue weighted by Crippen LogP contribution is 2.47. The fourth-order valence-electron chi connectivity index (χ4n) is 1.78. The van der Waals surface area contributed by atoms with Gasteiger partial charge in [-0.25, -0.2) is 0 Å². The zero-order chi connectivity index (χ0) is 11.2. The van der Waals surface area contributed by atoms with Gasteiger partial charge in [0.05, 0.1) is 10.4 Å². The van der Waals surface area contributed by atoms with Crippen LogP contribution in [0.5, 0.6) is 5.75 Å². The number of hydrogen-bond acceptors (Lipinski definition) is 1. The molecular formula is C11H11Cl3O. The summed E-state index contributed by atoms with van der Waals surface area (Å²) in [4.78, 5) is 0. The zero-order valence-corrected chi connectivity index (χ0v) is 10.7. The van der Waals surface area contributed by atoms with Crippen LogP contribution in [0.1, 0.15) is 31.2 Å². The summed E-state index contributed by atoms with van der Waals surface area (Å²) in [6.07, 6.45) is 0.748. The molecule has 0 aliphatic carbocycles. The average Bonchev–Trinajstić information content (AvgIpc) is 2.06. The van der Waals surface area contributed by atoms with Crippen molar-refractivity contribution in [1.29, 1.82) is 0 Å². The van der Waals surface area contributed by atoms with Crippen molar-refractivity contribution in [3.05, 3.63) is 27.7 Å². The van der Waals surface area contributed by atoms with Crippen LogP contribution in [0.2, 0.25) is 10.0 Å². The SMILES string of the molecule is CC1(C)CC(Cl)c2cc(Cl)cc(Cl)c2O1. The number of halogens is 3. The Labute approximate surface area is 104 Å². The second kappa shape index (κ2) is 3.73. The van der Waals surface area contributed by atoms with E-state index in [1.807, 2.05) is 19.9 Å². The van der Waals surface area contributed by atoms with E-state index in [-0.39, 0.29) is 11.0 Å². The van der Waals surface area contributed by atoms with Crippen LogP contribution in [0.4, 0.5) is 0 Å². The van der Waals surface area contributed by atoms with E-state index < -0.39 is 0 Å². The lowest BCUT2D eigenvalue weighted by atomic mass is 9.94. The van der Waals surface area contributed by atoms with Crippen LogP contribution in [0.15, 0.2) is 12.1 Å². The summed E-state index contributed by atoms with van der Waals surface area (Å²) in [5, 5.41) is 1.02. The van der Waals surface area contributed by atoms with Crippen LogP contribution in [-0.2, 0) is 0 Å². The predicted octanol–water partition coefficient (Wildman–Crippen LogP) is 4.83. The Morgan fingerprint density at radius 1 is 1.33 bits per heavy atom. The number of benzene rings is 1. The quantitative estimate of drug-likeness (QED) is 0.610. The number of rotatable bonds is 0. The van der Waals surface area contributed by atoms with Gasteiger partial charge in [0, 0.05) is 17.0 Å². The van der Waals surface area contributed by atoms with Gasteiger partial charge in [-0.3, -0.25) is 0 Å². The molecule has 1 nitrogen and oxygen atoms in total. The molecule has 0 amide bonds. The summed E-state index contributed by atoms with van der Waals surface area (Å²) in [7, 11) is 0. The lowest BCUT2D eigenvalue weighted by Crippen LogP contribution is -2.33. The molecule has 1 aromatic carbocycles. The molecule has 0 fully saturated rings. The van der Waals surface area contributed by atoms with E-state index in [1.54, 1.807) is 6.07 Å². The highest BCUT2D eigenvalue weighted by molar-refractivity contribution is 6.36. The lowest BCUT2D eigenvalue weighted by molar-refractivity contribution is 0.0827. The number of ether oxygens (including phenoxy) is 1. The Morgan fingerprint density at radius 2 is 2.00 bits per heavy atom. The Balaban J connectivity index is 2.55. The molecule has 2 rings (SSSR count). The fourth-order valence-corrected chi connectivity index (χ4v) is 2.86. The van der Waals surface area contributed by atoms with Crippen molar-refractivity contribution in [1.82, 2.24) is 0 Å². The maximum absolute atomic E-state index is 6.28. The molecule has 0 aromatic heterocycles. The molecule has 1 heterocycles. The molecule has 15 heavy (non-hydrogen) atoms. The van der Waals surface area contributed by atoms with Gasteiger partial charge < -0.3 is 4.74 Å². The number of alkyl halides is 1. The Bertz CT molecular complexity index is 401. The maximum Gasteiger partial charge on any atom is 0.143 e. The summed E-state index contributed by atoms with van der Waals surface area (Å²) in [5.74, 6) is 0.664. The molecule has 0 N–H and O–H groups in total. The first-order chi connectivity index (χ1) is 6.89. The van der Waals surface area contributed by atoms with Gasteiger partial charge in [-0.2, -0.15) is 0 Å². The van der Waals surface area contributed by atoms with Crippen molar-refractivity contribution in [2.24, 2.45) is 0 Å². The fraction of sp³-hybridized carbons (Fsp3) is 0.455. The van der Waals surface area contributed by atoms with Gasteiger partial charge in [0.15, 0.2) is 0 Å². The Hall–Kier alpha value is -0.110. The van der Waals surface area contributed by atoms with Gasteiger partial charge in [-0.05, 0) is 26.0 Å². The van der Waals surface area contributed by atoms with Crippen molar-refractivity contribution >= 4 is 34.8 Å². The molecule has 0 saturated carbocycles. The number of fused-ring (bicyclic) bond motifs is 1. The van der Waals surface area contributed by atoms with E-state index in [2.05, 4.69) is 0 Å². The predicted molar refractivity (Wildman–Crippen MR) is 64.4 cm³/mol. The standard InChI is InChI=1S/C11H11Cl3O/c1-11(2)5-9(14)7-3-6(12)4-8(13)10(7)15-11/h3-4,9H,5H2,1-2H3. The minimum Gasteiger partial charge on any atom is -0.486 e. The molecule has 0 bridgehead atoms. The van der Waals surface area contributed by atoms with E-state index in [4.69, 9.17) is 39.5 Å². The van der Waals surface area contributed by atoms with Gasteiger partial charge in [0.25, 0.3) is 0 Å². The van der Waals surface area contributed by atoms with Crippen LogP contribution in [0.3, 0.4) is 0 Å². The van der Waals surface area contributed by atoms with Crippen molar-refractivity contribution in [3.63, 3.8) is 0 Å². The van der Waals surface area contributed by atoms with Crippen molar-refractivity contribution in [3.8, 4) is 5.75 Å². The van der Waals surface area contributed by atoms with Gasteiger partial charge in [0.2, 0.25) is 0 Å². The van der Waals surface area contributed by atoms with E-state index in [1.165, 1.54) is 0 Å². The van der Waals surface area contributed by atoms with Gasteiger partial charge in [-0.1, -0.05) is 23.2 Å². The van der Waals surface area contributed by atoms with Crippen LogP contribution >= 0.6 is 34.8 Å². The van der Waals surface area contributed by atoms with Crippen molar-refractivity contribution < 1.29 is 4.74 Å². The molecule has 0 saturated heterocycles. The number of hydrogen-bond donors (Lipinski definition) is 0. The maximum atomic E-state index is 6.28. The zero-order valence-electron chi connectivity index (χ0n) is 8.48. The van der Waals surface area contributed by atoms with E-state index in [0.717, 1.165) is 12.0 Å². The second-order valence-corrected chi connectivity index (χ2v) is 5.71. The molecule has 0 radical (unpaired) electrons. The molecule has 1 aliphatic heterocycles. The smallest absolute Gasteiger partial charge is 0.143 e. The molecule has 0 spiro atoms. The summed E-state index contributed by atoms with van der Waals surface area (Å²) in [6.45, 7) is 3.99. The second-order valence-electron chi connectivity index (χ2n) is 4.34. The van der Waals surface area contributed by atoms with Crippen LogP contribution in [-0.4, -0.2) is 5.60 Å². The van der Waals surface area contributed by atoms with Gasteiger partial charge in [0.1, 0.15) is 11.4 Å². The van der Waals surface area contributed by atoms with E-state index in [9.17, 15) is 0 Å². The topological polar surface area (TPSA) is 9.23 Å². The summed E-state index contributed by atoms with van der Waals surface area (Å²) in [5.41, 5.74) is 0.602. The molecule has 4 heteroatoms. The van der Waals surface area contributed by atoms with Crippen LogP contribution in [0, 0.1) is 0 Å². The molecule has 1 unspecified atom stereocenters. The first-order valence-electron chi connectivity index (χ1n) is 4.71. The first-order valence-corrected chi connectivity index (χ1v) is 5.90. The van der Waals surface area contributed by atoms with E-state index >= 15 is 0 Å². The monoisotopic (exact) mass is 264 g/mol. The highest BCUT2D eigenvalue weighted by Gasteiger charge is 2.34.